The second-order valence-corrected chi connectivity index (χ2v) is 7.31. The summed E-state index contributed by atoms with van der Waals surface area (Å²) in [4.78, 5) is 0. The molecule has 2 fully saturated rings. The van der Waals surface area contributed by atoms with Crippen LogP contribution in [0.1, 0.15) is 64.9 Å². The van der Waals surface area contributed by atoms with Crippen molar-refractivity contribution in [2.45, 2.75) is 59.0 Å². The molecular formula is C14H25N5. The minimum Gasteiger partial charge on any atom is -0.311 e. The average Bonchev–Trinajstić information content (AvgIpc) is 2.99. The highest BCUT2D eigenvalue weighted by atomic mass is 15.6. The van der Waals surface area contributed by atoms with Crippen LogP contribution >= 0.6 is 0 Å². The molecule has 5 nitrogen and oxygen atoms in total. The summed E-state index contributed by atoms with van der Waals surface area (Å²) in [5.74, 6) is 1.78. The Hall–Kier alpha value is -0.970. The quantitative estimate of drug-likeness (QED) is 0.909. The highest BCUT2D eigenvalue weighted by Crippen LogP contribution is 2.68. The third-order valence-corrected chi connectivity index (χ3v) is 5.78. The van der Waals surface area contributed by atoms with Crippen molar-refractivity contribution in [1.82, 2.24) is 25.5 Å². The standard InChI is InChI=1S/C14H25N5/c1-9(15-5)11-16-17-18-19(11)12-13(2,3)10-6-7-14(12,4)8-10/h9-10,12,15H,6-8H2,1-5H3. The molecule has 2 aliphatic rings. The average molecular weight is 263 g/mol. The maximum absolute atomic E-state index is 4.34. The Labute approximate surface area is 115 Å². The number of tetrazole rings is 1. The van der Waals surface area contributed by atoms with Crippen molar-refractivity contribution < 1.29 is 0 Å². The van der Waals surface area contributed by atoms with Gasteiger partial charge in [-0.15, -0.1) is 5.10 Å². The van der Waals surface area contributed by atoms with Crippen molar-refractivity contribution in [2.75, 3.05) is 7.05 Å². The predicted octanol–water partition coefficient (Wildman–Crippen LogP) is 2.34. The third kappa shape index (κ3) is 1.67. The summed E-state index contributed by atoms with van der Waals surface area (Å²) in [6.07, 6.45) is 3.98. The second-order valence-electron chi connectivity index (χ2n) is 7.31. The number of fused-ring (bicyclic) bond motifs is 2. The van der Waals surface area contributed by atoms with E-state index in [4.69, 9.17) is 0 Å². The number of hydrogen-bond acceptors (Lipinski definition) is 4. The van der Waals surface area contributed by atoms with Crippen LogP contribution in [0, 0.1) is 16.7 Å². The van der Waals surface area contributed by atoms with E-state index in [0.29, 0.717) is 11.5 Å². The lowest BCUT2D eigenvalue weighted by Gasteiger charge is -2.42. The van der Waals surface area contributed by atoms with E-state index in [2.05, 4.69) is 53.2 Å². The van der Waals surface area contributed by atoms with E-state index in [1.54, 1.807) is 0 Å². The van der Waals surface area contributed by atoms with E-state index in [9.17, 15) is 0 Å². The number of nitrogens with one attached hydrogen (secondary N) is 1. The van der Waals surface area contributed by atoms with Gasteiger partial charge in [-0.25, -0.2) is 4.68 Å². The largest absolute Gasteiger partial charge is 0.311 e. The van der Waals surface area contributed by atoms with Crippen LogP contribution in [0.25, 0.3) is 0 Å². The fourth-order valence-electron chi connectivity index (χ4n) is 4.68. The Balaban J connectivity index is 2.05. The van der Waals surface area contributed by atoms with Gasteiger partial charge in [0.2, 0.25) is 0 Å². The molecule has 1 N–H and O–H groups in total. The van der Waals surface area contributed by atoms with Crippen LogP contribution in [0.4, 0.5) is 0 Å². The van der Waals surface area contributed by atoms with Crippen molar-refractivity contribution in [2.24, 2.45) is 16.7 Å². The predicted molar refractivity (Wildman–Crippen MR) is 73.6 cm³/mol. The Bertz CT molecular complexity index is 475. The zero-order chi connectivity index (χ0) is 13.8. The summed E-state index contributed by atoms with van der Waals surface area (Å²) in [6.45, 7) is 9.32. The highest BCUT2D eigenvalue weighted by molar-refractivity contribution is 5.12. The lowest BCUT2D eigenvalue weighted by atomic mass is 9.68. The van der Waals surface area contributed by atoms with Gasteiger partial charge in [0.1, 0.15) is 0 Å². The first-order valence-electron chi connectivity index (χ1n) is 7.35. The summed E-state index contributed by atoms with van der Waals surface area (Å²) >= 11 is 0. The third-order valence-electron chi connectivity index (χ3n) is 5.78. The van der Waals surface area contributed by atoms with E-state index >= 15 is 0 Å². The van der Waals surface area contributed by atoms with E-state index < -0.39 is 0 Å². The maximum Gasteiger partial charge on any atom is 0.168 e. The Kier molecular flexibility index (Phi) is 2.75. The summed E-state index contributed by atoms with van der Waals surface area (Å²) in [7, 11) is 1.96. The van der Waals surface area contributed by atoms with Gasteiger partial charge in [0, 0.05) is 0 Å². The normalized spacial score (nSPS) is 37.7. The molecule has 0 saturated heterocycles. The first kappa shape index (κ1) is 13.0. The first-order chi connectivity index (χ1) is 8.90. The Morgan fingerprint density at radius 1 is 1.37 bits per heavy atom. The van der Waals surface area contributed by atoms with Gasteiger partial charge in [0.25, 0.3) is 0 Å². The van der Waals surface area contributed by atoms with Crippen LogP contribution in [0.3, 0.4) is 0 Å². The molecule has 2 saturated carbocycles. The van der Waals surface area contributed by atoms with Crippen molar-refractivity contribution in [3.05, 3.63) is 5.82 Å². The molecule has 0 radical (unpaired) electrons. The fraction of sp³-hybridized carbons (Fsp3) is 0.929. The summed E-state index contributed by atoms with van der Waals surface area (Å²) in [6, 6.07) is 0.605. The van der Waals surface area contributed by atoms with Crippen LogP contribution in [0.2, 0.25) is 0 Å². The van der Waals surface area contributed by atoms with Gasteiger partial charge in [0.15, 0.2) is 5.82 Å². The molecule has 0 spiro atoms. The van der Waals surface area contributed by atoms with Crippen LogP contribution in [-0.2, 0) is 0 Å². The summed E-state index contributed by atoms with van der Waals surface area (Å²) in [5, 5.41) is 15.8. The van der Waals surface area contributed by atoms with E-state index in [-0.39, 0.29) is 11.5 Å². The topological polar surface area (TPSA) is 55.6 Å². The van der Waals surface area contributed by atoms with E-state index in [1.165, 1.54) is 19.3 Å². The van der Waals surface area contributed by atoms with Gasteiger partial charge in [-0.05, 0) is 60.4 Å². The van der Waals surface area contributed by atoms with Crippen molar-refractivity contribution in [3.8, 4) is 0 Å². The highest BCUT2D eigenvalue weighted by Gasteiger charge is 2.61. The Morgan fingerprint density at radius 3 is 2.68 bits per heavy atom. The lowest BCUT2D eigenvalue weighted by Crippen LogP contribution is -2.39. The molecule has 4 atom stereocenters. The Morgan fingerprint density at radius 2 is 2.11 bits per heavy atom. The molecule has 1 aromatic heterocycles. The molecule has 2 bridgehead atoms. The van der Waals surface area contributed by atoms with Crippen LogP contribution in [-0.4, -0.2) is 27.3 Å². The molecule has 4 unspecified atom stereocenters. The zero-order valence-corrected chi connectivity index (χ0v) is 12.6. The van der Waals surface area contributed by atoms with Gasteiger partial charge in [0.05, 0.1) is 12.1 Å². The number of aromatic nitrogens is 4. The van der Waals surface area contributed by atoms with Crippen LogP contribution in [0.15, 0.2) is 0 Å². The van der Waals surface area contributed by atoms with Gasteiger partial charge in [-0.3, -0.25) is 0 Å². The summed E-state index contributed by atoms with van der Waals surface area (Å²) in [5.41, 5.74) is 0.635. The van der Waals surface area contributed by atoms with Crippen molar-refractivity contribution >= 4 is 0 Å². The monoisotopic (exact) mass is 263 g/mol. The molecule has 0 aliphatic heterocycles. The van der Waals surface area contributed by atoms with E-state index in [0.717, 1.165) is 11.7 Å². The lowest BCUT2D eigenvalue weighted by molar-refractivity contribution is 0.0683. The van der Waals surface area contributed by atoms with Gasteiger partial charge in [-0.2, -0.15) is 0 Å². The zero-order valence-electron chi connectivity index (χ0n) is 12.6. The van der Waals surface area contributed by atoms with E-state index in [1.807, 2.05) is 7.05 Å². The molecule has 2 aliphatic carbocycles. The molecule has 106 valence electrons. The smallest absolute Gasteiger partial charge is 0.168 e. The number of hydrogen-bond donors (Lipinski definition) is 1. The second kappa shape index (κ2) is 4.01. The molecule has 1 aromatic rings. The van der Waals surface area contributed by atoms with Crippen molar-refractivity contribution in [3.63, 3.8) is 0 Å². The minimum absolute atomic E-state index is 0.188. The molecular weight excluding hydrogens is 238 g/mol. The van der Waals surface area contributed by atoms with Gasteiger partial charge in [-0.1, -0.05) is 20.8 Å². The fourth-order valence-corrected chi connectivity index (χ4v) is 4.68. The molecule has 1 heterocycles. The van der Waals surface area contributed by atoms with Crippen LogP contribution in [0.5, 0.6) is 0 Å². The molecule has 3 rings (SSSR count). The van der Waals surface area contributed by atoms with Gasteiger partial charge < -0.3 is 5.32 Å². The van der Waals surface area contributed by atoms with Crippen molar-refractivity contribution in [1.29, 1.82) is 0 Å². The summed E-state index contributed by atoms with van der Waals surface area (Å²) < 4.78 is 2.11. The number of rotatable bonds is 3. The minimum atomic E-state index is 0.188. The molecule has 0 amide bonds. The molecule has 0 aromatic carbocycles. The number of nitrogens with zero attached hydrogens (tertiary/aromatic N) is 4. The molecule has 5 heteroatoms. The van der Waals surface area contributed by atoms with Gasteiger partial charge >= 0.3 is 0 Å². The maximum atomic E-state index is 4.34. The van der Waals surface area contributed by atoms with Crippen LogP contribution < -0.4 is 5.32 Å². The first-order valence-corrected chi connectivity index (χ1v) is 7.35. The SMILES string of the molecule is CNC(C)c1nnnn1C1C2(C)CCC(C2)C1(C)C. The molecule has 19 heavy (non-hydrogen) atoms.